The predicted molar refractivity (Wildman–Crippen MR) is 146 cm³/mol. The second-order valence-corrected chi connectivity index (χ2v) is 11.1. The highest BCUT2D eigenvalue weighted by Crippen LogP contribution is 2.34. The molecule has 2 aliphatic rings. The number of ether oxygens (including phenoxy) is 2. The van der Waals surface area contributed by atoms with Crippen LogP contribution < -0.4 is 9.47 Å². The molecule has 0 aliphatic heterocycles. The average Bonchev–Trinajstić information content (AvgIpc) is 2.89. The number of hydrogen-bond acceptors (Lipinski definition) is 3. The molecule has 35 heavy (non-hydrogen) atoms. The summed E-state index contributed by atoms with van der Waals surface area (Å²) in [6.45, 7) is 5.13. The molecule has 0 bridgehead atoms. The molecule has 3 heteroatoms. The molecular formula is C32H50O3. The van der Waals surface area contributed by atoms with Crippen LogP contribution in [0.2, 0.25) is 0 Å². The van der Waals surface area contributed by atoms with Gasteiger partial charge in [-0.2, -0.15) is 0 Å². The van der Waals surface area contributed by atoms with Crippen LogP contribution in [-0.4, -0.2) is 12.6 Å². The fraction of sp³-hybridized carbons (Fsp3) is 0.719. The number of unbranched alkanes of at least 4 members (excludes halogenated alkanes) is 4. The number of benzene rings is 1. The van der Waals surface area contributed by atoms with E-state index in [0.717, 1.165) is 30.4 Å². The Morgan fingerprint density at radius 2 is 1.31 bits per heavy atom. The minimum atomic E-state index is -0.0614. The van der Waals surface area contributed by atoms with Crippen molar-refractivity contribution in [2.24, 2.45) is 23.7 Å². The predicted octanol–water partition coefficient (Wildman–Crippen LogP) is 9.30. The van der Waals surface area contributed by atoms with Crippen LogP contribution in [0.1, 0.15) is 117 Å². The van der Waals surface area contributed by atoms with Crippen molar-refractivity contribution in [1.29, 1.82) is 0 Å². The average molecular weight is 483 g/mol. The van der Waals surface area contributed by atoms with Gasteiger partial charge < -0.3 is 9.47 Å². The van der Waals surface area contributed by atoms with Crippen molar-refractivity contribution < 1.29 is 14.3 Å². The van der Waals surface area contributed by atoms with E-state index < -0.39 is 0 Å². The third-order valence-corrected chi connectivity index (χ3v) is 8.30. The van der Waals surface area contributed by atoms with Crippen LogP contribution in [0.3, 0.4) is 0 Å². The second-order valence-electron chi connectivity index (χ2n) is 11.1. The molecule has 2 fully saturated rings. The van der Waals surface area contributed by atoms with Crippen LogP contribution >= 0.6 is 0 Å². The Labute approximate surface area is 215 Å². The van der Waals surface area contributed by atoms with Crippen molar-refractivity contribution in [3.05, 3.63) is 36.4 Å². The van der Waals surface area contributed by atoms with Gasteiger partial charge in [-0.05, 0) is 93.4 Å². The molecule has 0 N–H and O–H groups in total. The summed E-state index contributed by atoms with van der Waals surface area (Å²) in [6, 6.07) is 7.52. The first-order valence-electron chi connectivity index (χ1n) is 14.8. The zero-order valence-electron chi connectivity index (χ0n) is 22.5. The lowest BCUT2D eigenvalue weighted by Gasteiger charge is -2.27. The molecule has 196 valence electrons. The van der Waals surface area contributed by atoms with E-state index in [2.05, 4.69) is 26.0 Å². The Morgan fingerprint density at radius 3 is 1.89 bits per heavy atom. The third kappa shape index (κ3) is 10.4. The monoisotopic (exact) mass is 482 g/mol. The van der Waals surface area contributed by atoms with Gasteiger partial charge in [0.25, 0.3) is 0 Å². The fourth-order valence-corrected chi connectivity index (χ4v) is 5.92. The molecule has 2 saturated carbocycles. The molecule has 3 nitrogen and oxygen atoms in total. The van der Waals surface area contributed by atoms with Gasteiger partial charge in [0.05, 0.1) is 5.92 Å². The largest absolute Gasteiger partial charge is 0.490 e. The zero-order valence-corrected chi connectivity index (χ0v) is 22.5. The van der Waals surface area contributed by atoms with Crippen molar-refractivity contribution in [3.63, 3.8) is 0 Å². The van der Waals surface area contributed by atoms with E-state index in [4.69, 9.17) is 9.47 Å². The Balaban J connectivity index is 1.29. The lowest BCUT2D eigenvalue weighted by Crippen LogP contribution is -2.25. The van der Waals surface area contributed by atoms with E-state index in [0.29, 0.717) is 18.3 Å². The molecule has 0 saturated heterocycles. The highest BCUT2D eigenvalue weighted by Gasteiger charge is 2.27. The molecule has 0 heterocycles. The quantitative estimate of drug-likeness (QED) is 0.115. The van der Waals surface area contributed by atoms with E-state index in [9.17, 15) is 4.79 Å². The Hall–Kier alpha value is -1.77. The summed E-state index contributed by atoms with van der Waals surface area (Å²) < 4.78 is 11.6. The lowest BCUT2D eigenvalue weighted by molar-refractivity contribution is -0.140. The topological polar surface area (TPSA) is 35.5 Å². The molecule has 2 aliphatic carbocycles. The highest BCUT2D eigenvalue weighted by atomic mass is 16.5. The fourth-order valence-electron chi connectivity index (χ4n) is 5.92. The van der Waals surface area contributed by atoms with Crippen LogP contribution in [0.4, 0.5) is 0 Å². The zero-order chi connectivity index (χ0) is 24.7. The van der Waals surface area contributed by atoms with Crippen molar-refractivity contribution >= 4 is 5.97 Å². The second kappa shape index (κ2) is 16.1. The third-order valence-electron chi connectivity index (χ3n) is 8.30. The normalized spacial score (nSPS) is 25.0. The van der Waals surface area contributed by atoms with Crippen LogP contribution in [0.25, 0.3) is 0 Å². The van der Waals surface area contributed by atoms with Gasteiger partial charge in [-0.15, -0.1) is 0 Å². The molecule has 0 aromatic heterocycles. The van der Waals surface area contributed by atoms with Gasteiger partial charge in [0, 0.05) is 0 Å². The van der Waals surface area contributed by atoms with E-state index in [1.54, 1.807) is 0 Å². The van der Waals surface area contributed by atoms with E-state index in [-0.39, 0.29) is 11.9 Å². The van der Waals surface area contributed by atoms with Gasteiger partial charge in [-0.1, -0.05) is 77.4 Å². The maximum atomic E-state index is 12.6. The summed E-state index contributed by atoms with van der Waals surface area (Å²) in [7, 11) is 0. The summed E-state index contributed by atoms with van der Waals surface area (Å²) >= 11 is 0. The van der Waals surface area contributed by atoms with Gasteiger partial charge >= 0.3 is 5.97 Å². The number of rotatable bonds is 14. The molecule has 3 rings (SSSR count). The smallest absolute Gasteiger partial charge is 0.314 e. The van der Waals surface area contributed by atoms with Crippen molar-refractivity contribution in [2.75, 3.05) is 6.61 Å². The van der Waals surface area contributed by atoms with Gasteiger partial charge in [0.2, 0.25) is 0 Å². The molecule has 0 amide bonds. The number of hydrogen-bond donors (Lipinski definition) is 0. The Kier molecular flexibility index (Phi) is 12.8. The Bertz CT molecular complexity index is 722. The summed E-state index contributed by atoms with van der Waals surface area (Å²) in [5.41, 5.74) is 0. The number of esters is 1. The van der Waals surface area contributed by atoms with Gasteiger partial charge in [0.1, 0.15) is 18.1 Å². The SMILES string of the molecule is CCCCC[C@H]1CC[C@H](C=CCOc2ccc(OC(=O)[C@H]3CC[C@H](CCCCC)CC3)cc2)CC1. The summed E-state index contributed by atoms with van der Waals surface area (Å²) in [5.74, 6) is 3.93. The first kappa shape index (κ1) is 27.8. The van der Waals surface area contributed by atoms with E-state index in [1.807, 2.05) is 24.3 Å². The number of allylic oxidation sites excluding steroid dienone is 1. The molecule has 0 spiro atoms. The maximum absolute atomic E-state index is 12.6. The summed E-state index contributed by atoms with van der Waals surface area (Å²) in [6.07, 6.45) is 25.1. The van der Waals surface area contributed by atoms with Gasteiger partial charge in [-0.3, -0.25) is 4.79 Å². The van der Waals surface area contributed by atoms with Crippen LogP contribution in [-0.2, 0) is 4.79 Å². The lowest BCUT2D eigenvalue weighted by atomic mass is 9.79. The molecule has 1 aromatic carbocycles. The molecule has 1 aromatic rings. The number of carbonyl (C=O) groups is 1. The minimum Gasteiger partial charge on any atom is -0.490 e. The first-order valence-corrected chi connectivity index (χ1v) is 14.8. The van der Waals surface area contributed by atoms with Gasteiger partial charge in [-0.25, -0.2) is 0 Å². The molecule has 0 atom stereocenters. The van der Waals surface area contributed by atoms with Crippen LogP contribution in [0.15, 0.2) is 36.4 Å². The van der Waals surface area contributed by atoms with Gasteiger partial charge in [0.15, 0.2) is 0 Å². The summed E-state index contributed by atoms with van der Waals surface area (Å²) in [4.78, 5) is 12.6. The van der Waals surface area contributed by atoms with Crippen molar-refractivity contribution in [1.82, 2.24) is 0 Å². The van der Waals surface area contributed by atoms with Crippen molar-refractivity contribution in [3.8, 4) is 11.5 Å². The molecule has 0 unspecified atom stereocenters. The minimum absolute atomic E-state index is 0.0601. The van der Waals surface area contributed by atoms with Crippen LogP contribution in [0.5, 0.6) is 11.5 Å². The van der Waals surface area contributed by atoms with E-state index >= 15 is 0 Å². The highest BCUT2D eigenvalue weighted by molar-refractivity contribution is 5.75. The Morgan fingerprint density at radius 1 is 0.771 bits per heavy atom. The molecule has 0 radical (unpaired) electrons. The first-order chi connectivity index (χ1) is 17.2. The molecular weight excluding hydrogens is 432 g/mol. The van der Waals surface area contributed by atoms with Crippen molar-refractivity contribution in [2.45, 2.75) is 117 Å². The summed E-state index contributed by atoms with van der Waals surface area (Å²) in [5, 5.41) is 0. The van der Waals surface area contributed by atoms with Crippen LogP contribution in [0, 0.1) is 23.7 Å². The van der Waals surface area contributed by atoms with E-state index in [1.165, 1.54) is 89.9 Å². The maximum Gasteiger partial charge on any atom is 0.314 e. The standard InChI is InChI=1S/C32H50O3/c1-3-5-7-10-26-13-15-28(16-14-26)12-9-25-34-30-21-23-31(24-22-30)35-32(33)29-19-17-27(18-20-29)11-8-6-4-2/h9,12,21-24,26-29H,3-8,10-11,13-20,25H2,1-2H3/t26-,27-,28-,29-. The number of carbonyl (C=O) groups excluding carboxylic acids is 1.